The summed E-state index contributed by atoms with van der Waals surface area (Å²) in [5.74, 6) is 0.626. The molecule has 2 rings (SSSR count). The molecule has 0 amide bonds. The van der Waals surface area contributed by atoms with E-state index in [1.807, 2.05) is 0 Å². The van der Waals surface area contributed by atoms with E-state index in [2.05, 4.69) is 20.0 Å². The topological polar surface area (TPSA) is 123 Å². The molecule has 0 aliphatic rings. The fraction of sp³-hybridized carbons (Fsp3) is 0.545. The normalized spacial score (nSPS) is 12.0. The number of nitrogens with zero attached hydrogens (tertiary/aromatic N) is 4. The Labute approximate surface area is 122 Å². The number of aliphatic hydroxyl groups excluding tert-OH is 1. The number of hydrogen-bond acceptors (Lipinski definition) is 7. The largest absolute Gasteiger partial charge is 0.394 e. The summed E-state index contributed by atoms with van der Waals surface area (Å²) in [5, 5.41) is 16.7. The molecule has 10 heteroatoms. The van der Waals surface area contributed by atoms with Crippen LogP contribution < -0.4 is 4.72 Å². The van der Waals surface area contributed by atoms with Gasteiger partial charge in [-0.1, -0.05) is 5.16 Å². The Morgan fingerprint density at radius 3 is 2.62 bits per heavy atom. The highest BCUT2D eigenvalue weighted by Gasteiger charge is 2.24. The molecule has 116 valence electrons. The van der Waals surface area contributed by atoms with Gasteiger partial charge in [0, 0.05) is 6.92 Å². The average molecular weight is 315 g/mol. The first-order chi connectivity index (χ1) is 9.85. The maximum Gasteiger partial charge on any atom is 0.244 e. The predicted molar refractivity (Wildman–Crippen MR) is 71.8 cm³/mol. The first kappa shape index (κ1) is 15.6. The molecule has 0 saturated heterocycles. The van der Waals surface area contributed by atoms with Crippen LogP contribution in [0.3, 0.4) is 0 Å². The lowest BCUT2D eigenvalue weighted by atomic mass is 10.4. The fourth-order valence-corrected chi connectivity index (χ4v) is 3.41. The Hall–Kier alpha value is -1.78. The summed E-state index contributed by atoms with van der Waals surface area (Å²) in [6, 6.07) is 0. The molecule has 0 fully saturated rings. The molecule has 21 heavy (non-hydrogen) atoms. The maximum atomic E-state index is 12.4. The van der Waals surface area contributed by atoms with Crippen molar-refractivity contribution in [3.8, 4) is 0 Å². The van der Waals surface area contributed by atoms with E-state index in [-0.39, 0.29) is 30.4 Å². The van der Waals surface area contributed by atoms with Gasteiger partial charge in [0.2, 0.25) is 15.9 Å². The lowest BCUT2D eigenvalue weighted by Crippen LogP contribution is -2.25. The highest BCUT2D eigenvalue weighted by atomic mass is 32.2. The Morgan fingerprint density at radius 1 is 1.33 bits per heavy atom. The van der Waals surface area contributed by atoms with Crippen LogP contribution in [0.1, 0.15) is 23.1 Å². The van der Waals surface area contributed by atoms with Crippen molar-refractivity contribution in [1.29, 1.82) is 0 Å². The molecule has 0 unspecified atom stereocenters. The van der Waals surface area contributed by atoms with E-state index >= 15 is 0 Å². The highest BCUT2D eigenvalue weighted by Crippen LogP contribution is 2.19. The molecule has 0 saturated carbocycles. The van der Waals surface area contributed by atoms with Crippen LogP contribution in [0.25, 0.3) is 0 Å². The monoisotopic (exact) mass is 315 g/mol. The SMILES string of the molecule is Cc1nc(CNS(=O)(=O)c2c(C)nn(CCO)c2C)no1. The standard InChI is InChI=1S/C11H17N5O4S/c1-7-11(8(2)16(14-7)4-5-17)21(18,19)12-6-10-13-9(3)20-15-10/h12,17H,4-6H2,1-3H3. The second-order valence-electron chi connectivity index (χ2n) is 4.50. The quantitative estimate of drug-likeness (QED) is 0.747. The van der Waals surface area contributed by atoms with E-state index in [1.54, 1.807) is 20.8 Å². The van der Waals surface area contributed by atoms with Gasteiger partial charge in [0.15, 0.2) is 5.82 Å². The van der Waals surface area contributed by atoms with Gasteiger partial charge in [-0.2, -0.15) is 10.1 Å². The average Bonchev–Trinajstić information content (AvgIpc) is 2.93. The summed E-state index contributed by atoms with van der Waals surface area (Å²) >= 11 is 0. The second-order valence-corrected chi connectivity index (χ2v) is 6.20. The van der Waals surface area contributed by atoms with Crippen molar-refractivity contribution >= 4 is 10.0 Å². The summed E-state index contributed by atoms with van der Waals surface area (Å²) in [6.45, 7) is 4.93. The Morgan fingerprint density at radius 2 is 2.05 bits per heavy atom. The maximum absolute atomic E-state index is 12.4. The van der Waals surface area contributed by atoms with Crippen LogP contribution in [0, 0.1) is 20.8 Å². The number of aromatic nitrogens is 4. The zero-order chi connectivity index (χ0) is 15.6. The molecule has 0 aromatic carbocycles. The predicted octanol–water partition coefficient (Wildman–Crippen LogP) is -0.338. The molecule has 9 nitrogen and oxygen atoms in total. The molecule has 2 heterocycles. The van der Waals surface area contributed by atoms with Gasteiger partial charge >= 0.3 is 0 Å². The molecule has 2 aromatic heterocycles. The zero-order valence-corrected chi connectivity index (χ0v) is 12.8. The van der Waals surface area contributed by atoms with Gasteiger partial charge in [-0.25, -0.2) is 13.1 Å². The van der Waals surface area contributed by atoms with Crippen molar-refractivity contribution < 1.29 is 18.0 Å². The first-order valence-electron chi connectivity index (χ1n) is 6.29. The zero-order valence-electron chi connectivity index (χ0n) is 12.0. The van der Waals surface area contributed by atoms with Crippen molar-refractivity contribution in [2.45, 2.75) is 38.8 Å². The summed E-state index contributed by atoms with van der Waals surface area (Å²) in [6.07, 6.45) is 0. The summed E-state index contributed by atoms with van der Waals surface area (Å²) in [4.78, 5) is 4.04. The third-order valence-corrected chi connectivity index (χ3v) is 4.54. The van der Waals surface area contributed by atoms with E-state index in [1.165, 1.54) is 4.68 Å². The van der Waals surface area contributed by atoms with E-state index in [4.69, 9.17) is 9.63 Å². The summed E-state index contributed by atoms with van der Waals surface area (Å²) in [5.41, 5.74) is 0.844. The number of nitrogens with one attached hydrogen (secondary N) is 1. The molecular weight excluding hydrogens is 298 g/mol. The molecule has 0 aliphatic carbocycles. The van der Waals surface area contributed by atoms with Crippen molar-refractivity contribution in [2.24, 2.45) is 0 Å². The third kappa shape index (κ3) is 3.28. The number of sulfonamides is 1. The van der Waals surface area contributed by atoms with Crippen molar-refractivity contribution in [3.05, 3.63) is 23.1 Å². The smallest absolute Gasteiger partial charge is 0.244 e. The minimum absolute atomic E-state index is 0.0657. The molecule has 0 radical (unpaired) electrons. The van der Waals surface area contributed by atoms with Crippen LogP contribution >= 0.6 is 0 Å². The summed E-state index contributed by atoms with van der Waals surface area (Å²) in [7, 11) is -3.74. The van der Waals surface area contributed by atoms with Crippen LogP contribution in [-0.2, 0) is 23.1 Å². The molecule has 0 aliphatic heterocycles. The molecule has 0 atom stereocenters. The van der Waals surface area contributed by atoms with Crippen molar-refractivity contribution in [1.82, 2.24) is 24.6 Å². The molecular formula is C11H17N5O4S. The fourth-order valence-electron chi connectivity index (χ4n) is 2.03. The first-order valence-corrected chi connectivity index (χ1v) is 7.77. The second kappa shape index (κ2) is 5.92. The van der Waals surface area contributed by atoms with E-state index in [9.17, 15) is 8.42 Å². The van der Waals surface area contributed by atoms with Gasteiger partial charge in [-0.15, -0.1) is 0 Å². The highest BCUT2D eigenvalue weighted by molar-refractivity contribution is 7.89. The Kier molecular flexibility index (Phi) is 4.40. The van der Waals surface area contributed by atoms with Gasteiger partial charge in [0.1, 0.15) is 4.90 Å². The molecule has 2 aromatic rings. The van der Waals surface area contributed by atoms with Crippen LogP contribution in [-0.4, -0.2) is 40.1 Å². The minimum Gasteiger partial charge on any atom is -0.394 e. The van der Waals surface area contributed by atoms with Gasteiger partial charge in [-0.3, -0.25) is 4.68 Å². The van der Waals surface area contributed by atoms with Crippen molar-refractivity contribution in [3.63, 3.8) is 0 Å². The van der Waals surface area contributed by atoms with Crippen molar-refractivity contribution in [2.75, 3.05) is 6.61 Å². The van der Waals surface area contributed by atoms with E-state index in [0.717, 1.165) is 0 Å². The van der Waals surface area contributed by atoms with Crippen LogP contribution in [0.2, 0.25) is 0 Å². The Balaban J connectivity index is 2.23. The molecule has 2 N–H and O–H groups in total. The lowest BCUT2D eigenvalue weighted by Gasteiger charge is -2.06. The molecule has 0 spiro atoms. The van der Waals surface area contributed by atoms with Crippen LogP contribution in [0.5, 0.6) is 0 Å². The van der Waals surface area contributed by atoms with Gasteiger partial charge in [0.25, 0.3) is 0 Å². The van der Waals surface area contributed by atoms with Gasteiger partial charge < -0.3 is 9.63 Å². The number of rotatable bonds is 6. The summed E-state index contributed by atoms with van der Waals surface area (Å²) < 4.78 is 33.4. The number of aryl methyl sites for hydroxylation is 2. The van der Waals surface area contributed by atoms with Gasteiger partial charge in [0.05, 0.1) is 31.1 Å². The lowest BCUT2D eigenvalue weighted by molar-refractivity contribution is 0.267. The van der Waals surface area contributed by atoms with Crippen LogP contribution in [0.4, 0.5) is 0 Å². The van der Waals surface area contributed by atoms with Gasteiger partial charge in [-0.05, 0) is 13.8 Å². The number of aliphatic hydroxyl groups is 1. The van der Waals surface area contributed by atoms with Crippen LogP contribution in [0.15, 0.2) is 9.42 Å². The van der Waals surface area contributed by atoms with E-state index < -0.39 is 10.0 Å². The molecule has 0 bridgehead atoms. The number of hydrogen-bond donors (Lipinski definition) is 2. The Bertz CT molecular complexity index is 734. The van der Waals surface area contributed by atoms with E-state index in [0.29, 0.717) is 17.3 Å². The minimum atomic E-state index is -3.74. The third-order valence-electron chi connectivity index (χ3n) is 2.89.